The standard InChI is InChI=1S/C10H8INO2/c1-14-10(13)6-2-3-7-5-12-9(11)8(7)4-6/h2-4H,5H2,1H3. The largest absolute Gasteiger partial charge is 0.465 e. The minimum absolute atomic E-state index is 0.302. The molecule has 0 aliphatic carbocycles. The maximum atomic E-state index is 11.3. The second-order valence-electron chi connectivity index (χ2n) is 2.97. The van der Waals surface area contributed by atoms with Crippen LogP contribution in [0.4, 0.5) is 0 Å². The molecule has 0 saturated carbocycles. The van der Waals surface area contributed by atoms with Gasteiger partial charge in [-0.25, -0.2) is 4.79 Å². The number of carbonyl (C=O) groups excluding carboxylic acids is 1. The van der Waals surface area contributed by atoms with E-state index < -0.39 is 0 Å². The van der Waals surface area contributed by atoms with E-state index in [2.05, 4.69) is 32.3 Å². The summed E-state index contributed by atoms with van der Waals surface area (Å²) in [5, 5.41) is 0. The molecule has 2 rings (SSSR count). The van der Waals surface area contributed by atoms with E-state index in [0.29, 0.717) is 5.56 Å². The van der Waals surface area contributed by atoms with E-state index >= 15 is 0 Å². The van der Waals surface area contributed by atoms with Gasteiger partial charge in [0.15, 0.2) is 0 Å². The molecule has 1 aromatic rings. The number of ether oxygens (including phenoxy) is 1. The molecule has 0 spiro atoms. The molecule has 0 saturated heterocycles. The molecule has 0 radical (unpaired) electrons. The highest BCUT2D eigenvalue weighted by molar-refractivity contribution is 14.1. The smallest absolute Gasteiger partial charge is 0.337 e. The number of benzene rings is 1. The number of hydrogen-bond acceptors (Lipinski definition) is 3. The number of nitrogens with zero attached hydrogens (tertiary/aromatic N) is 1. The fourth-order valence-corrected chi connectivity index (χ4v) is 2.06. The Morgan fingerprint density at radius 1 is 1.57 bits per heavy atom. The molecule has 72 valence electrons. The van der Waals surface area contributed by atoms with Crippen LogP contribution >= 0.6 is 22.6 Å². The third-order valence-electron chi connectivity index (χ3n) is 2.14. The van der Waals surface area contributed by atoms with Gasteiger partial charge in [-0.05, 0) is 40.3 Å². The van der Waals surface area contributed by atoms with Gasteiger partial charge in [0.25, 0.3) is 0 Å². The highest BCUT2D eigenvalue weighted by Gasteiger charge is 2.15. The first-order valence-electron chi connectivity index (χ1n) is 4.14. The summed E-state index contributed by atoms with van der Waals surface area (Å²) in [6.45, 7) is 0.717. The van der Waals surface area contributed by atoms with Crippen LogP contribution in [0.2, 0.25) is 0 Å². The zero-order valence-electron chi connectivity index (χ0n) is 7.58. The van der Waals surface area contributed by atoms with E-state index in [4.69, 9.17) is 0 Å². The van der Waals surface area contributed by atoms with Crippen molar-refractivity contribution in [2.45, 2.75) is 6.54 Å². The van der Waals surface area contributed by atoms with Gasteiger partial charge >= 0.3 is 5.97 Å². The first kappa shape index (κ1) is 9.64. The van der Waals surface area contributed by atoms with E-state index in [9.17, 15) is 4.79 Å². The quantitative estimate of drug-likeness (QED) is 0.589. The van der Waals surface area contributed by atoms with Crippen LogP contribution < -0.4 is 0 Å². The van der Waals surface area contributed by atoms with Crippen molar-refractivity contribution in [2.24, 2.45) is 4.99 Å². The Morgan fingerprint density at radius 2 is 2.36 bits per heavy atom. The number of halogens is 1. The van der Waals surface area contributed by atoms with Crippen LogP contribution in [0.1, 0.15) is 21.5 Å². The number of methoxy groups -OCH3 is 1. The molecule has 0 amide bonds. The summed E-state index contributed by atoms with van der Waals surface area (Å²) in [6.07, 6.45) is 0. The van der Waals surface area contributed by atoms with E-state index in [-0.39, 0.29) is 5.97 Å². The van der Waals surface area contributed by atoms with E-state index in [1.807, 2.05) is 12.1 Å². The average molecular weight is 301 g/mol. The number of carbonyl (C=O) groups is 1. The Kier molecular flexibility index (Phi) is 2.54. The molecule has 0 N–H and O–H groups in total. The van der Waals surface area contributed by atoms with Gasteiger partial charge in [0.2, 0.25) is 0 Å². The van der Waals surface area contributed by atoms with E-state index in [1.165, 1.54) is 12.7 Å². The van der Waals surface area contributed by atoms with Crippen LogP contribution in [-0.2, 0) is 11.3 Å². The lowest BCUT2D eigenvalue weighted by Crippen LogP contribution is -2.02. The molecule has 14 heavy (non-hydrogen) atoms. The first-order chi connectivity index (χ1) is 6.72. The summed E-state index contributed by atoms with van der Waals surface area (Å²) >= 11 is 2.17. The minimum Gasteiger partial charge on any atom is -0.465 e. The van der Waals surface area contributed by atoms with Crippen molar-refractivity contribution < 1.29 is 9.53 Å². The fraction of sp³-hybridized carbons (Fsp3) is 0.200. The Labute approximate surface area is 95.3 Å². The Bertz CT molecular complexity index is 426. The molecule has 0 bridgehead atoms. The van der Waals surface area contributed by atoms with Crippen LogP contribution in [0.3, 0.4) is 0 Å². The topological polar surface area (TPSA) is 38.7 Å². The number of aliphatic imine (C=N–C) groups is 1. The summed E-state index contributed by atoms with van der Waals surface area (Å²) in [5.74, 6) is -0.302. The zero-order chi connectivity index (χ0) is 10.1. The van der Waals surface area contributed by atoms with Crippen molar-refractivity contribution >= 4 is 32.3 Å². The third kappa shape index (κ3) is 1.54. The van der Waals surface area contributed by atoms with Gasteiger partial charge in [-0.2, -0.15) is 0 Å². The molecule has 0 fully saturated rings. The van der Waals surface area contributed by atoms with Gasteiger partial charge in [0.1, 0.15) is 3.72 Å². The van der Waals surface area contributed by atoms with Gasteiger partial charge in [-0.1, -0.05) is 6.07 Å². The Balaban J connectivity index is 2.44. The molecule has 1 aliphatic heterocycles. The predicted molar refractivity (Wildman–Crippen MR) is 62.0 cm³/mol. The highest BCUT2D eigenvalue weighted by Crippen LogP contribution is 2.23. The summed E-state index contributed by atoms with van der Waals surface area (Å²) in [4.78, 5) is 15.5. The summed E-state index contributed by atoms with van der Waals surface area (Å²) in [7, 11) is 1.38. The van der Waals surface area contributed by atoms with Crippen molar-refractivity contribution in [1.29, 1.82) is 0 Å². The molecular formula is C10H8INO2. The third-order valence-corrected chi connectivity index (χ3v) is 3.06. The second-order valence-corrected chi connectivity index (χ2v) is 3.99. The lowest BCUT2D eigenvalue weighted by molar-refractivity contribution is 0.0600. The summed E-state index contributed by atoms with van der Waals surface area (Å²) in [6, 6.07) is 5.53. The molecule has 0 unspecified atom stereocenters. The maximum Gasteiger partial charge on any atom is 0.337 e. The normalized spacial score (nSPS) is 13.4. The molecule has 1 heterocycles. The van der Waals surface area contributed by atoms with Gasteiger partial charge in [-0.15, -0.1) is 0 Å². The molecule has 1 aromatic carbocycles. The molecule has 4 heteroatoms. The molecule has 1 aliphatic rings. The van der Waals surface area contributed by atoms with Crippen molar-refractivity contribution in [3.05, 3.63) is 34.9 Å². The van der Waals surface area contributed by atoms with Crippen LogP contribution in [0.15, 0.2) is 23.2 Å². The first-order valence-corrected chi connectivity index (χ1v) is 5.22. The van der Waals surface area contributed by atoms with E-state index in [1.54, 1.807) is 6.07 Å². The molecular weight excluding hydrogens is 293 g/mol. The van der Waals surface area contributed by atoms with Gasteiger partial charge in [0.05, 0.1) is 19.2 Å². The number of esters is 1. The number of hydrogen-bond donors (Lipinski definition) is 0. The number of rotatable bonds is 1. The second kappa shape index (κ2) is 3.68. The molecule has 0 atom stereocenters. The van der Waals surface area contributed by atoms with E-state index in [0.717, 1.165) is 15.8 Å². The summed E-state index contributed by atoms with van der Waals surface area (Å²) < 4.78 is 5.61. The maximum absolute atomic E-state index is 11.3. The molecule has 3 nitrogen and oxygen atoms in total. The lowest BCUT2D eigenvalue weighted by atomic mass is 10.1. The predicted octanol–water partition coefficient (Wildman–Crippen LogP) is 2.17. The minimum atomic E-state index is -0.302. The number of fused-ring (bicyclic) bond motifs is 1. The van der Waals surface area contributed by atoms with Crippen molar-refractivity contribution in [3.8, 4) is 0 Å². The Morgan fingerprint density at radius 3 is 3.07 bits per heavy atom. The Hall–Kier alpha value is -0.910. The van der Waals surface area contributed by atoms with Crippen molar-refractivity contribution in [1.82, 2.24) is 0 Å². The fourth-order valence-electron chi connectivity index (χ4n) is 1.39. The van der Waals surface area contributed by atoms with Crippen LogP contribution in [0, 0.1) is 0 Å². The van der Waals surface area contributed by atoms with Crippen LogP contribution in [0.25, 0.3) is 0 Å². The summed E-state index contributed by atoms with van der Waals surface area (Å²) in [5.41, 5.74) is 2.80. The monoisotopic (exact) mass is 301 g/mol. The zero-order valence-corrected chi connectivity index (χ0v) is 9.74. The van der Waals surface area contributed by atoms with Crippen LogP contribution in [0.5, 0.6) is 0 Å². The average Bonchev–Trinajstić information content (AvgIpc) is 2.59. The lowest BCUT2D eigenvalue weighted by Gasteiger charge is -2.02. The van der Waals surface area contributed by atoms with Crippen molar-refractivity contribution in [2.75, 3.05) is 7.11 Å². The van der Waals surface area contributed by atoms with Crippen LogP contribution in [-0.4, -0.2) is 16.8 Å². The highest BCUT2D eigenvalue weighted by atomic mass is 127. The van der Waals surface area contributed by atoms with Gasteiger partial charge in [0, 0.05) is 5.56 Å². The molecule has 0 aromatic heterocycles. The van der Waals surface area contributed by atoms with Gasteiger partial charge in [-0.3, -0.25) is 4.99 Å². The van der Waals surface area contributed by atoms with Gasteiger partial charge < -0.3 is 4.74 Å². The van der Waals surface area contributed by atoms with Crippen molar-refractivity contribution in [3.63, 3.8) is 0 Å². The SMILES string of the molecule is COC(=O)c1ccc2c(c1)C(I)=NC2.